The third-order valence-electron chi connectivity index (χ3n) is 4.74. The van der Waals surface area contributed by atoms with Crippen LogP contribution in [-0.2, 0) is 14.8 Å². The van der Waals surface area contributed by atoms with E-state index in [2.05, 4.69) is 31.0 Å². The number of anilines is 1. The first-order valence-electron chi connectivity index (χ1n) is 9.57. The number of carbonyl (C=O) groups excluding carboxylic acids is 1. The highest BCUT2D eigenvalue weighted by atomic mass is 79.9. The fraction of sp³-hybridized carbons (Fsp3) is 0.182. The second kappa shape index (κ2) is 9.66. The van der Waals surface area contributed by atoms with Crippen LogP contribution in [0.15, 0.2) is 64.2 Å². The van der Waals surface area contributed by atoms with Crippen molar-refractivity contribution in [3.05, 3.63) is 81.8 Å². The summed E-state index contributed by atoms with van der Waals surface area (Å²) >= 11 is 3.56. The molecule has 1 N–H and O–H groups in total. The minimum Gasteiger partial charge on any atom is -0.317 e. The number of amides is 1. The molecule has 0 saturated heterocycles. The molecule has 0 unspecified atom stereocenters. The van der Waals surface area contributed by atoms with E-state index in [9.17, 15) is 17.6 Å². The summed E-state index contributed by atoms with van der Waals surface area (Å²) in [6.07, 6.45) is 2.45. The maximum absolute atomic E-state index is 13.5. The number of nitrogens with one attached hydrogen (secondary N) is 1. The number of aromatic nitrogens is 1. The minimum absolute atomic E-state index is 0.0589. The Morgan fingerprint density at radius 1 is 1.19 bits per heavy atom. The number of aryl methyl sites for hydroxylation is 1. The number of hydrazone groups is 1. The van der Waals surface area contributed by atoms with Crippen molar-refractivity contribution in [2.45, 2.75) is 13.8 Å². The molecule has 0 atom stereocenters. The second-order valence-corrected chi connectivity index (χ2v) is 9.92. The third kappa shape index (κ3) is 5.43. The van der Waals surface area contributed by atoms with Crippen LogP contribution in [0.25, 0.3) is 5.69 Å². The molecular formula is C22H22BrFN4O3S. The predicted octanol–water partition coefficient (Wildman–Crippen LogP) is 3.91. The topological polar surface area (TPSA) is 83.8 Å². The van der Waals surface area contributed by atoms with Gasteiger partial charge in [0.25, 0.3) is 5.91 Å². The number of para-hydroxylation sites is 1. The van der Waals surface area contributed by atoms with Crippen molar-refractivity contribution in [3.8, 4) is 5.69 Å². The van der Waals surface area contributed by atoms with Gasteiger partial charge in [-0.15, -0.1) is 0 Å². The number of nitrogens with zero attached hydrogens (tertiary/aromatic N) is 3. The van der Waals surface area contributed by atoms with E-state index in [1.165, 1.54) is 24.4 Å². The molecule has 2 aromatic carbocycles. The van der Waals surface area contributed by atoms with E-state index in [1.807, 2.05) is 44.2 Å². The molecule has 3 aromatic rings. The lowest BCUT2D eigenvalue weighted by Crippen LogP contribution is -2.39. The maximum Gasteiger partial charge on any atom is 0.260 e. The molecule has 0 bridgehead atoms. The molecule has 1 amide bonds. The molecule has 0 aliphatic heterocycles. The molecule has 0 fully saturated rings. The first kappa shape index (κ1) is 23.7. The van der Waals surface area contributed by atoms with Gasteiger partial charge >= 0.3 is 0 Å². The van der Waals surface area contributed by atoms with Crippen LogP contribution in [0, 0.1) is 19.7 Å². The highest BCUT2D eigenvalue weighted by molar-refractivity contribution is 9.10. The Kier molecular flexibility index (Phi) is 7.15. The van der Waals surface area contributed by atoms with Crippen LogP contribution < -0.4 is 9.73 Å². The summed E-state index contributed by atoms with van der Waals surface area (Å²) in [6, 6.07) is 14.8. The van der Waals surface area contributed by atoms with E-state index < -0.39 is 28.3 Å². The van der Waals surface area contributed by atoms with Gasteiger partial charge in [0.2, 0.25) is 10.0 Å². The summed E-state index contributed by atoms with van der Waals surface area (Å²) in [5.74, 6) is -1.26. The number of carbonyl (C=O) groups is 1. The van der Waals surface area contributed by atoms with Gasteiger partial charge in [0.15, 0.2) is 0 Å². The third-order valence-corrected chi connectivity index (χ3v) is 6.55. The molecule has 0 aliphatic carbocycles. The molecule has 1 heterocycles. The number of hydrogen-bond donors (Lipinski definition) is 1. The fourth-order valence-corrected chi connectivity index (χ4v) is 4.60. The van der Waals surface area contributed by atoms with Gasteiger partial charge in [0, 0.05) is 21.4 Å². The molecule has 0 aliphatic rings. The molecule has 3 rings (SSSR count). The summed E-state index contributed by atoms with van der Waals surface area (Å²) in [6.45, 7) is 3.37. The zero-order chi connectivity index (χ0) is 23.5. The standard InChI is InChI=1S/C22H22BrFN4O3S/c1-15-11-17(16(2)28(15)21-10-5-4-9-20(21)23)13-25-26-22(29)14-27(32(3,30)31)19-8-6-7-18(24)12-19/h4-13H,14H2,1-3H3,(H,26,29)/b25-13-. The number of rotatable bonds is 7. The van der Waals surface area contributed by atoms with Gasteiger partial charge in [-0.1, -0.05) is 18.2 Å². The average Bonchev–Trinajstić information content (AvgIpc) is 2.99. The van der Waals surface area contributed by atoms with E-state index in [0.29, 0.717) is 0 Å². The molecule has 168 valence electrons. The van der Waals surface area contributed by atoms with E-state index in [0.717, 1.165) is 43.7 Å². The Labute approximate surface area is 194 Å². The fourth-order valence-electron chi connectivity index (χ4n) is 3.29. The summed E-state index contributed by atoms with van der Waals surface area (Å²) in [5.41, 5.74) is 6.07. The van der Waals surface area contributed by atoms with Gasteiger partial charge in [-0.2, -0.15) is 5.10 Å². The van der Waals surface area contributed by atoms with Crippen LogP contribution >= 0.6 is 15.9 Å². The molecule has 10 heteroatoms. The largest absolute Gasteiger partial charge is 0.317 e. The van der Waals surface area contributed by atoms with Gasteiger partial charge in [-0.3, -0.25) is 9.10 Å². The number of sulfonamides is 1. The Hall–Kier alpha value is -2.98. The average molecular weight is 521 g/mol. The van der Waals surface area contributed by atoms with Gasteiger partial charge in [0.1, 0.15) is 12.4 Å². The molecule has 32 heavy (non-hydrogen) atoms. The van der Waals surface area contributed by atoms with Crippen molar-refractivity contribution >= 4 is 43.8 Å². The SMILES string of the molecule is Cc1cc(/C=N\NC(=O)CN(c2cccc(F)c2)S(C)(=O)=O)c(C)n1-c1ccccc1Br. The Morgan fingerprint density at radius 3 is 2.56 bits per heavy atom. The van der Waals surface area contributed by atoms with Gasteiger partial charge in [0.05, 0.1) is 23.8 Å². The lowest BCUT2D eigenvalue weighted by molar-refractivity contribution is -0.119. The molecule has 1 aromatic heterocycles. The van der Waals surface area contributed by atoms with Gasteiger partial charge in [-0.25, -0.2) is 18.2 Å². The Bertz CT molecular complexity index is 1290. The van der Waals surface area contributed by atoms with Crippen LogP contribution in [-0.4, -0.2) is 37.9 Å². The summed E-state index contributed by atoms with van der Waals surface area (Å²) in [4.78, 5) is 12.3. The van der Waals surface area contributed by atoms with Crippen LogP contribution in [0.3, 0.4) is 0 Å². The van der Waals surface area contributed by atoms with Crippen LogP contribution in [0.4, 0.5) is 10.1 Å². The van der Waals surface area contributed by atoms with Gasteiger partial charge < -0.3 is 4.57 Å². The lowest BCUT2D eigenvalue weighted by atomic mass is 10.2. The first-order valence-corrected chi connectivity index (χ1v) is 12.2. The second-order valence-electron chi connectivity index (χ2n) is 7.16. The Balaban J connectivity index is 1.75. The van der Waals surface area contributed by atoms with Crippen molar-refractivity contribution < 1.29 is 17.6 Å². The molecular weight excluding hydrogens is 499 g/mol. The van der Waals surface area contributed by atoms with Crippen LogP contribution in [0.1, 0.15) is 17.0 Å². The van der Waals surface area contributed by atoms with Crippen molar-refractivity contribution in [2.75, 3.05) is 17.1 Å². The quantitative estimate of drug-likeness (QED) is 0.378. The molecule has 0 saturated carbocycles. The molecule has 0 spiro atoms. The van der Waals surface area contributed by atoms with E-state index in [1.54, 1.807) is 0 Å². The summed E-state index contributed by atoms with van der Waals surface area (Å²) in [5, 5.41) is 3.97. The monoisotopic (exact) mass is 520 g/mol. The lowest BCUT2D eigenvalue weighted by Gasteiger charge is -2.21. The summed E-state index contributed by atoms with van der Waals surface area (Å²) in [7, 11) is -3.80. The van der Waals surface area contributed by atoms with E-state index >= 15 is 0 Å². The zero-order valence-electron chi connectivity index (χ0n) is 17.7. The van der Waals surface area contributed by atoms with Crippen molar-refractivity contribution in [2.24, 2.45) is 5.10 Å². The zero-order valence-corrected chi connectivity index (χ0v) is 20.1. The van der Waals surface area contributed by atoms with Crippen LogP contribution in [0.5, 0.6) is 0 Å². The normalized spacial score (nSPS) is 11.7. The predicted molar refractivity (Wildman–Crippen MR) is 127 cm³/mol. The summed E-state index contributed by atoms with van der Waals surface area (Å²) < 4.78 is 41.5. The van der Waals surface area contributed by atoms with Crippen molar-refractivity contribution in [3.63, 3.8) is 0 Å². The smallest absolute Gasteiger partial charge is 0.260 e. The minimum atomic E-state index is -3.80. The highest BCUT2D eigenvalue weighted by Gasteiger charge is 2.21. The Morgan fingerprint density at radius 2 is 1.91 bits per heavy atom. The molecule has 0 radical (unpaired) electrons. The number of benzene rings is 2. The van der Waals surface area contributed by atoms with Crippen molar-refractivity contribution in [1.82, 2.24) is 9.99 Å². The van der Waals surface area contributed by atoms with E-state index in [4.69, 9.17) is 0 Å². The molecule has 7 nitrogen and oxygen atoms in total. The number of hydrogen-bond acceptors (Lipinski definition) is 4. The number of halogens is 2. The van der Waals surface area contributed by atoms with Crippen LogP contribution in [0.2, 0.25) is 0 Å². The van der Waals surface area contributed by atoms with E-state index in [-0.39, 0.29) is 5.69 Å². The first-order chi connectivity index (χ1) is 15.1. The highest BCUT2D eigenvalue weighted by Crippen LogP contribution is 2.26. The maximum atomic E-state index is 13.5. The van der Waals surface area contributed by atoms with Crippen molar-refractivity contribution in [1.29, 1.82) is 0 Å². The van der Waals surface area contributed by atoms with Gasteiger partial charge in [-0.05, 0) is 66.2 Å².